The van der Waals surface area contributed by atoms with Crippen LogP contribution in [0.1, 0.15) is 10.4 Å². The van der Waals surface area contributed by atoms with Gasteiger partial charge in [-0.05, 0) is 45.8 Å². The van der Waals surface area contributed by atoms with Crippen LogP contribution in [0.4, 0.5) is 0 Å². The molecule has 4 nitrogen and oxygen atoms in total. The van der Waals surface area contributed by atoms with Crippen LogP contribution in [0.3, 0.4) is 0 Å². The van der Waals surface area contributed by atoms with E-state index in [2.05, 4.69) is 21.2 Å². The zero-order valence-corrected chi connectivity index (χ0v) is 14.2. The summed E-state index contributed by atoms with van der Waals surface area (Å²) < 4.78 is 11.5. The molecule has 0 saturated heterocycles. The van der Waals surface area contributed by atoms with E-state index in [4.69, 9.17) is 9.47 Å². The van der Waals surface area contributed by atoms with Crippen molar-refractivity contribution in [3.63, 3.8) is 0 Å². The lowest BCUT2D eigenvalue weighted by molar-refractivity contribution is -0.120. The van der Waals surface area contributed by atoms with Gasteiger partial charge < -0.3 is 14.8 Å². The van der Waals surface area contributed by atoms with Gasteiger partial charge >= 0.3 is 0 Å². The zero-order chi connectivity index (χ0) is 15.2. The van der Waals surface area contributed by atoms with Gasteiger partial charge in [-0.15, -0.1) is 11.3 Å². The molecule has 0 aliphatic carbocycles. The van der Waals surface area contributed by atoms with Crippen molar-refractivity contribution in [3.8, 4) is 11.5 Å². The molecular formula is C15H16BrNO3S. The summed E-state index contributed by atoms with van der Waals surface area (Å²) in [5.41, 5.74) is 0.887. The van der Waals surface area contributed by atoms with Gasteiger partial charge in [-0.1, -0.05) is 6.07 Å². The van der Waals surface area contributed by atoms with Crippen LogP contribution in [0.25, 0.3) is 0 Å². The topological polar surface area (TPSA) is 47.6 Å². The fourth-order valence-corrected chi connectivity index (χ4v) is 3.29. The summed E-state index contributed by atoms with van der Waals surface area (Å²) in [6, 6.07) is 9.45. The molecule has 2 aromatic rings. The van der Waals surface area contributed by atoms with Gasteiger partial charge in [0.15, 0.2) is 11.5 Å². The second kappa shape index (κ2) is 7.47. The Morgan fingerprint density at radius 3 is 2.57 bits per heavy atom. The van der Waals surface area contributed by atoms with Crippen LogP contribution in [-0.4, -0.2) is 20.1 Å². The van der Waals surface area contributed by atoms with Crippen LogP contribution in [0.15, 0.2) is 34.1 Å². The molecule has 0 radical (unpaired) electrons. The largest absolute Gasteiger partial charge is 0.493 e. The van der Waals surface area contributed by atoms with Crippen molar-refractivity contribution < 1.29 is 14.3 Å². The summed E-state index contributed by atoms with van der Waals surface area (Å²) in [6.45, 7) is 0.544. The van der Waals surface area contributed by atoms with Gasteiger partial charge in [0.2, 0.25) is 5.91 Å². The number of halogens is 1. The lowest BCUT2D eigenvalue weighted by Gasteiger charge is -2.09. The molecule has 112 valence electrons. The summed E-state index contributed by atoms with van der Waals surface area (Å²) >= 11 is 5.01. The molecular weight excluding hydrogens is 354 g/mol. The smallest absolute Gasteiger partial charge is 0.224 e. The lowest BCUT2D eigenvalue weighted by Crippen LogP contribution is -2.24. The molecule has 1 N–H and O–H groups in total. The number of hydrogen-bond donors (Lipinski definition) is 1. The SMILES string of the molecule is COc1ccc(CC(=O)NCc2ccc(Br)s2)cc1OC. The molecule has 0 unspecified atom stereocenters. The number of amides is 1. The molecule has 6 heteroatoms. The number of thiophene rings is 1. The highest BCUT2D eigenvalue weighted by Gasteiger charge is 2.08. The maximum atomic E-state index is 12.0. The van der Waals surface area contributed by atoms with Crippen molar-refractivity contribution in [1.82, 2.24) is 5.32 Å². The van der Waals surface area contributed by atoms with E-state index in [0.717, 1.165) is 14.2 Å². The molecule has 1 amide bonds. The van der Waals surface area contributed by atoms with Crippen LogP contribution < -0.4 is 14.8 Å². The van der Waals surface area contributed by atoms with Crippen molar-refractivity contribution >= 4 is 33.2 Å². The number of carbonyl (C=O) groups excluding carboxylic acids is 1. The molecule has 1 aromatic heterocycles. The average Bonchev–Trinajstić information content (AvgIpc) is 2.90. The Bertz CT molecular complexity index is 627. The molecule has 0 fully saturated rings. The van der Waals surface area contributed by atoms with E-state index >= 15 is 0 Å². The maximum Gasteiger partial charge on any atom is 0.224 e. The van der Waals surface area contributed by atoms with Crippen LogP contribution >= 0.6 is 27.3 Å². The molecule has 0 bridgehead atoms. The second-order valence-electron chi connectivity index (χ2n) is 4.35. The Morgan fingerprint density at radius 2 is 1.95 bits per heavy atom. The van der Waals surface area contributed by atoms with E-state index in [1.807, 2.05) is 24.3 Å². The van der Waals surface area contributed by atoms with Crippen LogP contribution in [0.2, 0.25) is 0 Å². The predicted octanol–water partition coefficient (Wildman–Crippen LogP) is 3.39. The van der Waals surface area contributed by atoms with Crippen molar-refractivity contribution in [2.45, 2.75) is 13.0 Å². The molecule has 2 rings (SSSR count). The number of methoxy groups -OCH3 is 2. The first-order valence-corrected chi connectivity index (χ1v) is 7.95. The summed E-state index contributed by atoms with van der Waals surface area (Å²) in [5, 5.41) is 2.91. The van der Waals surface area contributed by atoms with Gasteiger partial charge in [0.1, 0.15) is 0 Å². The van der Waals surface area contributed by atoms with Crippen molar-refractivity contribution in [3.05, 3.63) is 44.6 Å². The third kappa shape index (κ3) is 4.47. The quantitative estimate of drug-likeness (QED) is 0.848. The minimum atomic E-state index is -0.0215. The Morgan fingerprint density at radius 1 is 1.19 bits per heavy atom. The molecule has 1 heterocycles. The van der Waals surface area contributed by atoms with Crippen molar-refractivity contribution in [2.75, 3.05) is 14.2 Å². The Labute approximate surface area is 136 Å². The molecule has 0 saturated carbocycles. The first-order chi connectivity index (χ1) is 10.1. The van der Waals surface area contributed by atoms with Gasteiger partial charge in [0, 0.05) is 4.88 Å². The van der Waals surface area contributed by atoms with E-state index < -0.39 is 0 Å². The second-order valence-corrected chi connectivity index (χ2v) is 6.90. The maximum absolute atomic E-state index is 12.0. The van der Waals surface area contributed by atoms with Gasteiger partial charge in [0.25, 0.3) is 0 Å². The highest BCUT2D eigenvalue weighted by molar-refractivity contribution is 9.11. The Hall–Kier alpha value is -1.53. The number of ether oxygens (including phenoxy) is 2. The van der Waals surface area contributed by atoms with Gasteiger partial charge in [-0.3, -0.25) is 4.79 Å². The monoisotopic (exact) mass is 369 g/mol. The Balaban J connectivity index is 1.93. The van der Waals surface area contributed by atoms with E-state index in [9.17, 15) is 4.79 Å². The average molecular weight is 370 g/mol. The molecule has 21 heavy (non-hydrogen) atoms. The predicted molar refractivity (Wildman–Crippen MR) is 87.1 cm³/mol. The summed E-state index contributed by atoms with van der Waals surface area (Å²) in [4.78, 5) is 13.1. The van der Waals surface area contributed by atoms with Gasteiger partial charge in [-0.2, -0.15) is 0 Å². The summed E-state index contributed by atoms with van der Waals surface area (Å²) in [5.74, 6) is 1.27. The van der Waals surface area contributed by atoms with Crippen molar-refractivity contribution in [2.24, 2.45) is 0 Å². The fourth-order valence-electron chi connectivity index (χ4n) is 1.87. The van der Waals surface area contributed by atoms with Gasteiger partial charge in [0.05, 0.1) is 31.0 Å². The highest BCUT2D eigenvalue weighted by atomic mass is 79.9. The lowest BCUT2D eigenvalue weighted by atomic mass is 10.1. The first kappa shape index (κ1) is 15.9. The minimum Gasteiger partial charge on any atom is -0.493 e. The number of nitrogens with one attached hydrogen (secondary N) is 1. The number of hydrogen-bond acceptors (Lipinski definition) is 4. The van der Waals surface area contributed by atoms with Crippen LogP contribution in [0, 0.1) is 0 Å². The molecule has 0 aliphatic heterocycles. The van der Waals surface area contributed by atoms with Crippen LogP contribution in [0.5, 0.6) is 11.5 Å². The molecule has 0 atom stereocenters. The zero-order valence-electron chi connectivity index (χ0n) is 11.8. The van der Waals surface area contributed by atoms with Crippen molar-refractivity contribution in [1.29, 1.82) is 0 Å². The third-order valence-electron chi connectivity index (χ3n) is 2.90. The first-order valence-electron chi connectivity index (χ1n) is 6.34. The van der Waals surface area contributed by atoms with E-state index in [1.54, 1.807) is 31.6 Å². The third-order valence-corrected chi connectivity index (χ3v) is 4.52. The molecule has 0 aliphatic rings. The van der Waals surface area contributed by atoms with E-state index in [-0.39, 0.29) is 5.91 Å². The minimum absolute atomic E-state index is 0.0215. The number of benzene rings is 1. The number of carbonyl (C=O) groups is 1. The fraction of sp³-hybridized carbons (Fsp3) is 0.267. The molecule has 0 spiro atoms. The van der Waals surface area contributed by atoms with E-state index in [1.165, 1.54) is 0 Å². The number of rotatable bonds is 6. The van der Waals surface area contributed by atoms with Gasteiger partial charge in [-0.25, -0.2) is 0 Å². The van der Waals surface area contributed by atoms with E-state index in [0.29, 0.717) is 24.5 Å². The summed E-state index contributed by atoms with van der Waals surface area (Å²) in [6.07, 6.45) is 0.312. The standard InChI is InChI=1S/C15H16BrNO3S/c1-19-12-5-3-10(7-13(12)20-2)8-15(18)17-9-11-4-6-14(16)21-11/h3-7H,8-9H2,1-2H3,(H,17,18). The molecule has 1 aromatic carbocycles. The summed E-state index contributed by atoms with van der Waals surface area (Å²) in [7, 11) is 3.17. The highest BCUT2D eigenvalue weighted by Crippen LogP contribution is 2.27. The van der Waals surface area contributed by atoms with Crippen LogP contribution in [-0.2, 0) is 17.8 Å². The normalized spacial score (nSPS) is 10.2. The Kier molecular flexibility index (Phi) is 5.64.